The van der Waals surface area contributed by atoms with Gasteiger partial charge < -0.3 is 13.7 Å². The van der Waals surface area contributed by atoms with E-state index in [0.717, 1.165) is 77.7 Å². The first kappa shape index (κ1) is 35.1. The monoisotopic (exact) mass is 807 g/mol. The lowest BCUT2D eigenvalue weighted by atomic mass is 9.96. The highest BCUT2D eigenvalue weighted by Crippen LogP contribution is 2.42. The van der Waals surface area contributed by atoms with Gasteiger partial charge in [-0.05, 0) is 104 Å². The van der Waals surface area contributed by atoms with Crippen LogP contribution >= 0.6 is 0 Å². The van der Waals surface area contributed by atoms with E-state index in [9.17, 15) is 0 Å². The van der Waals surface area contributed by atoms with Gasteiger partial charge in [-0.15, -0.1) is 10.2 Å². The minimum Gasteiger partial charge on any atom is -0.454 e. The topological polar surface area (TPSA) is 81.1 Å². The van der Waals surface area contributed by atoms with Gasteiger partial charge in [0.2, 0.25) is 0 Å². The Morgan fingerprint density at radius 1 is 0.317 bits per heavy atom. The SMILES string of the molecule is c1ccc2cc(-c3ccc4c(ccc5cc(N(c6ccc(-c7nncc8oc9ccccc9c78)cc6)c6ccc(-c7nncc8oc9ccccc9c78)cc6)ccc54)c3)ccc2c1. The van der Waals surface area contributed by atoms with E-state index in [1.165, 1.54) is 38.1 Å². The number of nitrogens with zero attached hydrogens (tertiary/aromatic N) is 5. The Hall–Kier alpha value is -8.68. The molecule has 0 aliphatic heterocycles. The molecule has 7 nitrogen and oxygen atoms in total. The van der Waals surface area contributed by atoms with Crippen molar-refractivity contribution >= 4 is 93.3 Å². The molecule has 0 spiro atoms. The van der Waals surface area contributed by atoms with Crippen molar-refractivity contribution in [3.05, 3.63) is 200 Å². The third-order valence-electron chi connectivity index (χ3n) is 12.3. The quantitative estimate of drug-likeness (QED) is 0.155. The summed E-state index contributed by atoms with van der Waals surface area (Å²) >= 11 is 0. The molecule has 7 heteroatoms. The van der Waals surface area contributed by atoms with Gasteiger partial charge in [-0.2, -0.15) is 10.2 Å². The second kappa shape index (κ2) is 13.9. The van der Waals surface area contributed by atoms with E-state index in [-0.39, 0.29) is 0 Å². The number of hydrogen-bond donors (Lipinski definition) is 0. The number of hydrogen-bond acceptors (Lipinski definition) is 7. The Bertz CT molecular complexity index is 3770. The molecule has 63 heavy (non-hydrogen) atoms. The van der Waals surface area contributed by atoms with Gasteiger partial charge in [0.05, 0.1) is 23.2 Å². The first-order chi connectivity index (χ1) is 31.2. The van der Waals surface area contributed by atoms with Crippen LogP contribution in [0.4, 0.5) is 17.1 Å². The second-order valence-electron chi connectivity index (χ2n) is 16.0. The Morgan fingerprint density at radius 3 is 1.37 bits per heavy atom. The van der Waals surface area contributed by atoms with E-state index in [2.05, 4.69) is 177 Å². The van der Waals surface area contributed by atoms with Gasteiger partial charge in [-0.1, -0.05) is 127 Å². The summed E-state index contributed by atoms with van der Waals surface area (Å²) in [5.41, 5.74) is 11.9. The van der Waals surface area contributed by atoms with Crippen LogP contribution in [0.2, 0.25) is 0 Å². The maximum atomic E-state index is 6.15. The molecule has 4 heterocycles. The number of benzene rings is 9. The van der Waals surface area contributed by atoms with Crippen molar-refractivity contribution in [2.24, 2.45) is 0 Å². The van der Waals surface area contributed by atoms with Crippen molar-refractivity contribution in [2.75, 3.05) is 4.90 Å². The third-order valence-corrected chi connectivity index (χ3v) is 12.3. The molecule has 4 aromatic heterocycles. The first-order valence-electron chi connectivity index (χ1n) is 20.9. The highest BCUT2D eigenvalue weighted by atomic mass is 16.3. The van der Waals surface area contributed by atoms with Gasteiger partial charge in [-0.3, -0.25) is 0 Å². The number of furan rings is 2. The van der Waals surface area contributed by atoms with Crippen molar-refractivity contribution in [3.63, 3.8) is 0 Å². The van der Waals surface area contributed by atoms with Crippen LogP contribution in [-0.4, -0.2) is 20.4 Å². The van der Waals surface area contributed by atoms with Crippen molar-refractivity contribution in [1.29, 1.82) is 0 Å². The maximum Gasteiger partial charge on any atom is 0.157 e. The molecule has 13 rings (SSSR count). The zero-order valence-corrected chi connectivity index (χ0v) is 33.6. The molecule has 0 N–H and O–H groups in total. The summed E-state index contributed by atoms with van der Waals surface area (Å²) in [6.45, 7) is 0. The fourth-order valence-electron chi connectivity index (χ4n) is 9.31. The predicted molar refractivity (Wildman–Crippen MR) is 256 cm³/mol. The molecule has 0 fully saturated rings. The van der Waals surface area contributed by atoms with Gasteiger partial charge in [0.25, 0.3) is 0 Å². The van der Waals surface area contributed by atoms with Crippen LogP contribution in [0.1, 0.15) is 0 Å². The lowest BCUT2D eigenvalue weighted by molar-refractivity contribution is 0.665. The van der Waals surface area contributed by atoms with Gasteiger partial charge in [0.1, 0.15) is 22.6 Å². The van der Waals surface area contributed by atoms with Gasteiger partial charge in [0.15, 0.2) is 11.2 Å². The molecule has 294 valence electrons. The molecule has 0 aliphatic carbocycles. The Kier molecular flexibility index (Phi) is 7.77. The second-order valence-corrected chi connectivity index (χ2v) is 16.0. The molecule has 0 aliphatic rings. The van der Waals surface area contributed by atoms with Crippen LogP contribution in [0.5, 0.6) is 0 Å². The lowest BCUT2D eigenvalue weighted by Crippen LogP contribution is -2.10. The molecule has 0 unspecified atom stereocenters. The van der Waals surface area contributed by atoms with Crippen molar-refractivity contribution in [2.45, 2.75) is 0 Å². The summed E-state index contributed by atoms with van der Waals surface area (Å²) in [4.78, 5) is 2.29. The molecular formula is C56H33N5O2. The zero-order valence-electron chi connectivity index (χ0n) is 33.6. The predicted octanol–water partition coefficient (Wildman–Crippen LogP) is 15.0. The molecule has 0 radical (unpaired) electrons. The van der Waals surface area contributed by atoms with E-state index in [4.69, 9.17) is 8.83 Å². The molecule has 0 saturated heterocycles. The van der Waals surface area contributed by atoms with Gasteiger partial charge in [-0.25, -0.2) is 0 Å². The number of anilines is 3. The largest absolute Gasteiger partial charge is 0.454 e. The zero-order chi connectivity index (χ0) is 41.4. The van der Waals surface area contributed by atoms with E-state index < -0.39 is 0 Å². The number of aromatic nitrogens is 4. The Balaban J connectivity index is 0.919. The van der Waals surface area contributed by atoms with E-state index in [1.54, 1.807) is 12.4 Å². The van der Waals surface area contributed by atoms with Crippen LogP contribution in [-0.2, 0) is 0 Å². The average molecular weight is 808 g/mol. The minimum absolute atomic E-state index is 0.712. The average Bonchev–Trinajstić information content (AvgIpc) is 3.93. The third kappa shape index (κ3) is 5.75. The highest BCUT2D eigenvalue weighted by molar-refractivity contribution is 6.13. The molecule has 0 amide bonds. The Labute approximate surface area is 360 Å². The van der Waals surface area contributed by atoms with Crippen LogP contribution < -0.4 is 4.90 Å². The molecule has 0 atom stereocenters. The van der Waals surface area contributed by atoms with Crippen LogP contribution in [0.25, 0.3) is 110 Å². The number of para-hydroxylation sites is 2. The van der Waals surface area contributed by atoms with E-state index in [1.807, 2.05) is 36.4 Å². The maximum absolute atomic E-state index is 6.15. The molecule has 13 aromatic rings. The molecule has 9 aromatic carbocycles. The summed E-state index contributed by atoms with van der Waals surface area (Å²) in [5.74, 6) is 0. The Morgan fingerprint density at radius 2 is 0.762 bits per heavy atom. The van der Waals surface area contributed by atoms with Gasteiger partial charge in [0, 0.05) is 39.0 Å². The fraction of sp³-hybridized carbons (Fsp3) is 0. The van der Waals surface area contributed by atoms with E-state index >= 15 is 0 Å². The van der Waals surface area contributed by atoms with Crippen molar-refractivity contribution in [1.82, 2.24) is 20.4 Å². The molecule has 0 saturated carbocycles. The van der Waals surface area contributed by atoms with Crippen molar-refractivity contribution in [3.8, 4) is 33.6 Å². The lowest BCUT2D eigenvalue weighted by Gasteiger charge is -2.26. The van der Waals surface area contributed by atoms with Crippen molar-refractivity contribution < 1.29 is 8.83 Å². The first-order valence-corrected chi connectivity index (χ1v) is 20.9. The minimum atomic E-state index is 0.712. The smallest absolute Gasteiger partial charge is 0.157 e. The number of fused-ring (bicyclic) bond motifs is 10. The van der Waals surface area contributed by atoms with E-state index in [0.29, 0.717) is 11.2 Å². The standard InChI is InChI=1S/C56H33N5O2/c1-2-8-37-29-38(14-13-34(37)7-1)39-21-27-45-40(30-39)15-16-41-31-44(26-28-46(41)45)61(42-22-17-35(18-23-42)55-53-47-9-3-5-11-49(47)62-51(53)32-57-59-55)43-24-19-36(20-25-43)56-54-48-10-4-6-12-50(48)63-52(54)33-58-60-56/h1-33H. The summed E-state index contributed by atoms with van der Waals surface area (Å²) in [6, 6.07) is 66.4. The normalized spacial score (nSPS) is 11.8. The van der Waals surface area contributed by atoms with Crippen LogP contribution in [0.15, 0.2) is 209 Å². The summed E-state index contributed by atoms with van der Waals surface area (Å²) in [7, 11) is 0. The van der Waals surface area contributed by atoms with Gasteiger partial charge >= 0.3 is 0 Å². The highest BCUT2D eigenvalue weighted by Gasteiger charge is 2.19. The molecule has 0 bridgehead atoms. The number of rotatable bonds is 6. The van der Waals surface area contributed by atoms with Crippen LogP contribution in [0.3, 0.4) is 0 Å². The summed E-state index contributed by atoms with van der Waals surface area (Å²) < 4.78 is 12.3. The molecular weight excluding hydrogens is 775 g/mol. The summed E-state index contributed by atoms with van der Waals surface area (Å²) in [5, 5.41) is 29.1. The van der Waals surface area contributed by atoms with Crippen LogP contribution in [0, 0.1) is 0 Å². The fourth-order valence-corrected chi connectivity index (χ4v) is 9.31. The summed E-state index contributed by atoms with van der Waals surface area (Å²) in [6.07, 6.45) is 3.37.